The van der Waals surface area contributed by atoms with Crippen molar-refractivity contribution in [1.29, 1.82) is 0 Å². The van der Waals surface area contributed by atoms with Gasteiger partial charge in [-0.05, 0) is 26.3 Å². The van der Waals surface area contributed by atoms with Crippen molar-refractivity contribution in [3.8, 4) is 0 Å². The second-order valence-electron chi connectivity index (χ2n) is 5.68. The molecule has 1 N–H and O–H groups in total. The average molecular weight is 318 g/mol. The van der Waals surface area contributed by atoms with Crippen LogP contribution in [-0.2, 0) is 24.7 Å². The van der Waals surface area contributed by atoms with Crippen LogP contribution in [0.5, 0.6) is 0 Å². The van der Waals surface area contributed by atoms with Gasteiger partial charge in [-0.15, -0.1) is 0 Å². The van der Waals surface area contributed by atoms with Crippen molar-refractivity contribution in [2.75, 3.05) is 13.2 Å². The number of amides is 3. The zero-order valence-electron chi connectivity index (χ0n) is 13.2. The third-order valence-corrected chi connectivity index (χ3v) is 3.63. The molecule has 0 bridgehead atoms. The lowest BCUT2D eigenvalue weighted by Gasteiger charge is -2.22. The molecule has 0 unspecified atom stereocenters. The number of Topliss-reactive ketones (excluding diaryl/α,β-unsaturated/α-hetero) is 1. The van der Waals surface area contributed by atoms with E-state index in [-0.39, 0.29) is 12.4 Å². The highest BCUT2D eigenvalue weighted by Gasteiger charge is 2.49. The summed E-state index contributed by atoms with van der Waals surface area (Å²) in [6.07, 6.45) is 0. The maximum atomic E-state index is 12.6. The topological polar surface area (TPSA) is 92.8 Å². The first-order valence-corrected chi connectivity index (χ1v) is 7.10. The molecule has 0 saturated carbocycles. The van der Waals surface area contributed by atoms with Gasteiger partial charge in [-0.3, -0.25) is 19.3 Å². The SMILES string of the molecule is CC(=O)COC(=O)CN1C(=O)N[C@@](C)(c2ccc(C)cc2)C1=O. The zero-order valence-corrected chi connectivity index (χ0v) is 13.2. The van der Waals surface area contributed by atoms with Crippen molar-refractivity contribution in [3.63, 3.8) is 0 Å². The number of esters is 1. The van der Waals surface area contributed by atoms with Crippen molar-refractivity contribution in [2.24, 2.45) is 0 Å². The second-order valence-corrected chi connectivity index (χ2v) is 5.68. The molecule has 7 heteroatoms. The number of hydrogen-bond acceptors (Lipinski definition) is 5. The van der Waals surface area contributed by atoms with Crippen molar-refractivity contribution in [3.05, 3.63) is 35.4 Å². The Hall–Kier alpha value is -2.70. The number of benzene rings is 1. The molecule has 3 amide bonds. The van der Waals surface area contributed by atoms with E-state index in [1.807, 2.05) is 19.1 Å². The number of carbonyl (C=O) groups excluding carboxylic acids is 4. The molecule has 0 aliphatic carbocycles. The lowest BCUT2D eigenvalue weighted by molar-refractivity contribution is -0.150. The molecule has 23 heavy (non-hydrogen) atoms. The summed E-state index contributed by atoms with van der Waals surface area (Å²) >= 11 is 0. The summed E-state index contributed by atoms with van der Waals surface area (Å²) in [5.74, 6) is -1.66. The van der Waals surface area contributed by atoms with E-state index in [9.17, 15) is 19.2 Å². The zero-order chi connectivity index (χ0) is 17.2. The Labute approximate surface area is 133 Å². The van der Waals surface area contributed by atoms with Crippen molar-refractivity contribution < 1.29 is 23.9 Å². The number of aryl methyl sites for hydroxylation is 1. The molecule has 2 rings (SSSR count). The maximum absolute atomic E-state index is 12.6. The molecular weight excluding hydrogens is 300 g/mol. The smallest absolute Gasteiger partial charge is 0.326 e. The molecule has 1 fully saturated rings. The summed E-state index contributed by atoms with van der Waals surface area (Å²) in [5, 5.41) is 2.60. The fourth-order valence-corrected chi connectivity index (χ4v) is 2.28. The maximum Gasteiger partial charge on any atom is 0.326 e. The van der Waals surface area contributed by atoms with Gasteiger partial charge < -0.3 is 10.1 Å². The highest BCUT2D eigenvalue weighted by Crippen LogP contribution is 2.28. The summed E-state index contributed by atoms with van der Waals surface area (Å²) in [6, 6.07) is 6.52. The van der Waals surface area contributed by atoms with E-state index in [0.717, 1.165) is 10.5 Å². The molecule has 0 aromatic heterocycles. The minimum absolute atomic E-state index is 0.319. The van der Waals surface area contributed by atoms with Crippen LogP contribution in [0, 0.1) is 6.92 Å². The predicted octanol–water partition coefficient (Wildman–Crippen LogP) is 0.894. The average Bonchev–Trinajstić information content (AvgIpc) is 2.70. The van der Waals surface area contributed by atoms with E-state index in [0.29, 0.717) is 5.56 Å². The van der Waals surface area contributed by atoms with Crippen molar-refractivity contribution in [2.45, 2.75) is 26.3 Å². The minimum Gasteiger partial charge on any atom is -0.456 e. The van der Waals surface area contributed by atoms with Gasteiger partial charge in [0.15, 0.2) is 5.78 Å². The molecule has 0 radical (unpaired) electrons. The van der Waals surface area contributed by atoms with Crippen LogP contribution in [0.1, 0.15) is 25.0 Å². The number of nitrogens with zero attached hydrogens (tertiary/aromatic N) is 1. The molecule has 1 aromatic rings. The number of imide groups is 1. The number of ether oxygens (including phenoxy) is 1. The van der Waals surface area contributed by atoms with E-state index < -0.39 is 30.0 Å². The van der Waals surface area contributed by atoms with E-state index in [1.54, 1.807) is 19.1 Å². The number of rotatable bonds is 5. The Morgan fingerprint density at radius 1 is 1.22 bits per heavy atom. The van der Waals surface area contributed by atoms with Gasteiger partial charge in [-0.25, -0.2) is 4.79 Å². The number of nitrogens with one attached hydrogen (secondary N) is 1. The highest BCUT2D eigenvalue weighted by molar-refractivity contribution is 6.08. The third kappa shape index (κ3) is 3.39. The van der Waals surface area contributed by atoms with Gasteiger partial charge in [-0.2, -0.15) is 0 Å². The fourth-order valence-electron chi connectivity index (χ4n) is 2.28. The van der Waals surface area contributed by atoms with Crippen molar-refractivity contribution >= 4 is 23.7 Å². The van der Waals surface area contributed by atoms with E-state index in [4.69, 9.17) is 0 Å². The molecule has 1 aromatic carbocycles. The van der Waals surface area contributed by atoms with Gasteiger partial charge >= 0.3 is 12.0 Å². The normalized spacial score (nSPS) is 20.4. The van der Waals surface area contributed by atoms with Gasteiger partial charge in [0, 0.05) is 0 Å². The quantitative estimate of drug-likeness (QED) is 0.643. The van der Waals surface area contributed by atoms with E-state index in [1.165, 1.54) is 6.92 Å². The highest BCUT2D eigenvalue weighted by atomic mass is 16.5. The number of carbonyl (C=O) groups is 4. The third-order valence-electron chi connectivity index (χ3n) is 3.63. The summed E-state index contributed by atoms with van der Waals surface area (Å²) < 4.78 is 4.69. The molecule has 1 saturated heterocycles. The van der Waals surface area contributed by atoms with Gasteiger partial charge in [0.05, 0.1) is 0 Å². The molecule has 1 atom stereocenters. The van der Waals surface area contributed by atoms with E-state index in [2.05, 4.69) is 10.1 Å². The predicted molar refractivity (Wildman–Crippen MR) is 80.4 cm³/mol. The first-order valence-electron chi connectivity index (χ1n) is 7.10. The first-order chi connectivity index (χ1) is 10.7. The van der Waals surface area contributed by atoms with Crippen LogP contribution in [0.25, 0.3) is 0 Å². The van der Waals surface area contributed by atoms with Crippen LogP contribution in [-0.4, -0.2) is 41.7 Å². The number of ketones is 1. The summed E-state index contributed by atoms with van der Waals surface area (Å²) in [4.78, 5) is 47.8. The Balaban J connectivity index is 2.14. The molecule has 1 heterocycles. The molecule has 1 aliphatic heterocycles. The van der Waals surface area contributed by atoms with Crippen LogP contribution in [0.3, 0.4) is 0 Å². The summed E-state index contributed by atoms with van der Waals surface area (Å²) in [5.41, 5.74) is 0.422. The van der Waals surface area contributed by atoms with Crippen LogP contribution in [0.2, 0.25) is 0 Å². The standard InChI is InChI=1S/C16H18N2O5/c1-10-4-6-12(7-5-10)16(3)14(21)18(15(22)17-16)8-13(20)23-9-11(2)19/h4-7H,8-9H2,1-3H3,(H,17,22)/t16-/m0/s1. The number of hydrogen-bond donors (Lipinski definition) is 1. The van der Waals surface area contributed by atoms with Crippen LogP contribution >= 0.6 is 0 Å². The fraction of sp³-hybridized carbons (Fsp3) is 0.375. The van der Waals surface area contributed by atoms with Crippen LogP contribution < -0.4 is 5.32 Å². The lowest BCUT2D eigenvalue weighted by atomic mass is 9.91. The molecule has 122 valence electrons. The molecule has 0 spiro atoms. The Kier molecular flexibility index (Phi) is 4.49. The Morgan fingerprint density at radius 3 is 2.39 bits per heavy atom. The number of urea groups is 1. The van der Waals surface area contributed by atoms with E-state index >= 15 is 0 Å². The van der Waals surface area contributed by atoms with Gasteiger partial charge in [-0.1, -0.05) is 29.8 Å². The van der Waals surface area contributed by atoms with Crippen molar-refractivity contribution in [1.82, 2.24) is 10.2 Å². The van der Waals surface area contributed by atoms with Gasteiger partial charge in [0.25, 0.3) is 5.91 Å². The molecular formula is C16H18N2O5. The van der Waals surface area contributed by atoms with Gasteiger partial charge in [0.1, 0.15) is 18.7 Å². The summed E-state index contributed by atoms with van der Waals surface area (Å²) in [6.45, 7) is 3.86. The Morgan fingerprint density at radius 2 is 1.83 bits per heavy atom. The second kappa shape index (κ2) is 6.20. The van der Waals surface area contributed by atoms with Crippen LogP contribution in [0.15, 0.2) is 24.3 Å². The largest absolute Gasteiger partial charge is 0.456 e. The lowest BCUT2D eigenvalue weighted by Crippen LogP contribution is -2.41. The first kappa shape index (κ1) is 16.7. The van der Waals surface area contributed by atoms with Crippen LogP contribution in [0.4, 0.5) is 4.79 Å². The van der Waals surface area contributed by atoms with Gasteiger partial charge in [0.2, 0.25) is 0 Å². The molecule has 7 nitrogen and oxygen atoms in total. The Bertz CT molecular complexity index is 668. The molecule has 1 aliphatic rings. The summed E-state index contributed by atoms with van der Waals surface area (Å²) in [7, 11) is 0. The monoisotopic (exact) mass is 318 g/mol. The minimum atomic E-state index is -1.23.